The van der Waals surface area contributed by atoms with E-state index in [-0.39, 0.29) is 5.82 Å². The highest BCUT2D eigenvalue weighted by atomic mass is 32.2. The average molecular weight is 292 g/mol. The zero-order valence-electron chi connectivity index (χ0n) is 11.2. The summed E-state index contributed by atoms with van der Waals surface area (Å²) >= 11 is 1.51. The number of aromatic nitrogens is 2. The summed E-state index contributed by atoms with van der Waals surface area (Å²) in [5.41, 5.74) is 7.24. The number of anilines is 1. The first-order valence-corrected chi connectivity index (χ1v) is 7.38. The van der Waals surface area contributed by atoms with E-state index in [1.54, 1.807) is 0 Å². The van der Waals surface area contributed by atoms with Crippen molar-refractivity contribution in [2.45, 2.75) is 10.9 Å². The van der Waals surface area contributed by atoms with Gasteiger partial charge in [0, 0.05) is 5.75 Å². The fourth-order valence-electron chi connectivity index (χ4n) is 2.09. The molecule has 0 aliphatic heterocycles. The summed E-state index contributed by atoms with van der Waals surface area (Å²) in [5.74, 6) is 0.986. The highest BCUT2D eigenvalue weighted by Crippen LogP contribution is 2.26. The number of fused-ring (bicyclic) bond motifs is 1. The average Bonchev–Trinajstić information content (AvgIpc) is 2.53. The number of benzene rings is 2. The molecule has 21 heavy (non-hydrogen) atoms. The van der Waals surface area contributed by atoms with Crippen molar-refractivity contribution in [1.82, 2.24) is 9.97 Å². The second kappa shape index (κ2) is 5.81. The molecule has 0 spiro atoms. The predicted molar refractivity (Wildman–Crippen MR) is 84.7 cm³/mol. The molecule has 3 rings (SSSR count). The number of thioether (sulfide) groups is 1. The van der Waals surface area contributed by atoms with Crippen molar-refractivity contribution in [2.24, 2.45) is 0 Å². The van der Waals surface area contributed by atoms with Crippen molar-refractivity contribution >= 4 is 28.4 Å². The zero-order valence-corrected chi connectivity index (χ0v) is 12.0. The third-order valence-electron chi connectivity index (χ3n) is 3.15. The van der Waals surface area contributed by atoms with Gasteiger partial charge in [0.15, 0.2) is 5.16 Å². The van der Waals surface area contributed by atoms with Crippen molar-refractivity contribution in [2.75, 3.05) is 5.73 Å². The fourth-order valence-corrected chi connectivity index (χ4v) is 2.92. The number of hydrogen-bond acceptors (Lipinski definition) is 5. The van der Waals surface area contributed by atoms with Gasteiger partial charge < -0.3 is 5.73 Å². The molecule has 0 amide bonds. The molecule has 4 nitrogen and oxygen atoms in total. The van der Waals surface area contributed by atoms with Crippen molar-refractivity contribution in [1.29, 1.82) is 5.26 Å². The van der Waals surface area contributed by atoms with Crippen molar-refractivity contribution < 1.29 is 0 Å². The lowest BCUT2D eigenvalue weighted by Gasteiger charge is -2.06. The Morgan fingerprint density at radius 2 is 1.95 bits per heavy atom. The monoisotopic (exact) mass is 292 g/mol. The zero-order chi connectivity index (χ0) is 14.7. The molecule has 2 N–H and O–H groups in total. The first kappa shape index (κ1) is 13.4. The maximum Gasteiger partial charge on any atom is 0.189 e. The largest absolute Gasteiger partial charge is 0.382 e. The van der Waals surface area contributed by atoms with Gasteiger partial charge in [-0.15, -0.1) is 0 Å². The molecule has 0 radical (unpaired) electrons. The Hall–Kier alpha value is -2.58. The summed E-state index contributed by atoms with van der Waals surface area (Å²) in [7, 11) is 0. The van der Waals surface area contributed by atoms with Gasteiger partial charge in [0.2, 0.25) is 0 Å². The Kier molecular flexibility index (Phi) is 3.71. The molecule has 0 fully saturated rings. The number of nitrogens with two attached hydrogens (primary N) is 1. The van der Waals surface area contributed by atoms with Gasteiger partial charge in [-0.2, -0.15) is 5.26 Å². The second-order valence-electron chi connectivity index (χ2n) is 4.49. The van der Waals surface area contributed by atoms with Gasteiger partial charge in [-0.25, -0.2) is 9.97 Å². The van der Waals surface area contributed by atoms with E-state index in [9.17, 15) is 0 Å². The van der Waals surface area contributed by atoms with Crippen LogP contribution in [0.3, 0.4) is 0 Å². The lowest BCUT2D eigenvalue weighted by molar-refractivity contribution is 0.969. The van der Waals surface area contributed by atoms with Gasteiger partial charge in [-0.05, 0) is 16.3 Å². The molecular weight excluding hydrogens is 280 g/mol. The van der Waals surface area contributed by atoms with Gasteiger partial charge in [-0.1, -0.05) is 54.2 Å². The summed E-state index contributed by atoms with van der Waals surface area (Å²) in [6.07, 6.45) is 1.47. The molecule has 0 bridgehead atoms. The number of nitrogen functional groups attached to an aromatic ring is 1. The van der Waals surface area contributed by atoms with Gasteiger partial charge in [0.1, 0.15) is 17.5 Å². The molecule has 0 unspecified atom stereocenters. The van der Waals surface area contributed by atoms with Crippen LogP contribution in [0.5, 0.6) is 0 Å². The molecule has 3 aromatic rings. The lowest BCUT2D eigenvalue weighted by atomic mass is 10.1. The van der Waals surface area contributed by atoms with Crippen LogP contribution in [0, 0.1) is 11.3 Å². The van der Waals surface area contributed by atoms with Crippen molar-refractivity contribution in [3.8, 4) is 6.07 Å². The van der Waals surface area contributed by atoms with Crippen LogP contribution < -0.4 is 5.73 Å². The molecule has 1 heterocycles. The molecule has 5 heteroatoms. The molecular formula is C16H12N4S. The third-order valence-corrected chi connectivity index (χ3v) is 4.06. The van der Waals surface area contributed by atoms with Crippen LogP contribution in [-0.4, -0.2) is 9.97 Å². The third kappa shape index (κ3) is 2.81. The molecule has 0 aliphatic rings. The number of rotatable bonds is 3. The van der Waals surface area contributed by atoms with E-state index in [4.69, 9.17) is 11.0 Å². The van der Waals surface area contributed by atoms with E-state index in [1.807, 2.05) is 24.3 Å². The van der Waals surface area contributed by atoms with Crippen LogP contribution in [-0.2, 0) is 5.75 Å². The van der Waals surface area contributed by atoms with Crippen molar-refractivity contribution in [3.63, 3.8) is 0 Å². The maximum absolute atomic E-state index is 8.82. The molecule has 1 aromatic heterocycles. The summed E-state index contributed by atoms with van der Waals surface area (Å²) in [6, 6.07) is 16.5. The Bertz CT molecular complexity index is 834. The molecule has 2 aromatic carbocycles. The topological polar surface area (TPSA) is 75.6 Å². The minimum Gasteiger partial charge on any atom is -0.382 e. The smallest absolute Gasteiger partial charge is 0.189 e. The first-order chi connectivity index (χ1) is 10.3. The van der Waals surface area contributed by atoms with Crippen LogP contribution in [0.15, 0.2) is 53.8 Å². The second-order valence-corrected chi connectivity index (χ2v) is 5.43. The van der Waals surface area contributed by atoms with Crippen LogP contribution >= 0.6 is 11.8 Å². The highest BCUT2D eigenvalue weighted by Gasteiger charge is 2.06. The minimum atomic E-state index is 0.230. The van der Waals surface area contributed by atoms with Crippen molar-refractivity contribution in [3.05, 3.63) is 59.8 Å². The highest BCUT2D eigenvalue weighted by molar-refractivity contribution is 7.98. The molecule has 0 saturated carbocycles. The van der Waals surface area contributed by atoms with Crippen LogP contribution in [0.25, 0.3) is 10.8 Å². The van der Waals surface area contributed by atoms with E-state index in [0.717, 1.165) is 5.75 Å². The summed E-state index contributed by atoms with van der Waals surface area (Å²) in [5, 5.41) is 11.9. The summed E-state index contributed by atoms with van der Waals surface area (Å²) in [6.45, 7) is 0. The predicted octanol–water partition coefficient (Wildman–Crippen LogP) is 3.38. The van der Waals surface area contributed by atoms with Gasteiger partial charge in [-0.3, -0.25) is 0 Å². The van der Waals surface area contributed by atoms with E-state index < -0.39 is 0 Å². The SMILES string of the molecule is N#Cc1cnc(SCc2cccc3ccccc23)nc1N. The Morgan fingerprint density at radius 1 is 1.14 bits per heavy atom. The summed E-state index contributed by atoms with van der Waals surface area (Å²) in [4.78, 5) is 8.30. The van der Waals surface area contributed by atoms with E-state index in [0.29, 0.717) is 10.7 Å². The van der Waals surface area contributed by atoms with Gasteiger partial charge in [0.05, 0.1) is 6.20 Å². The maximum atomic E-state index is 8.82. The van der Waals surface area contributed by atoms with Crippen LogP contribution in [0.2, 0.25) is 0 Å². The van der Waals surface area contributed by atoms with Crippen LogP contribution in [0.4, 0.5) is 5.82 Å². The summed E-state index contributed by atoms with van der Waals surface area (Å²) < 4.78 is 0. The number of hydrogen-bond donors (Lipinski definition) is 1. The minimum absolute atomic E-state index is 0.230. The lowest BCUT2D eigenvalue weighted by Crippen LogP contribution is -1.98. The number of nitriles is 1. The molecule has 0 atom stereocenters. The number of nitrogens with zero attached hydrogens (tertiary/aromatic N) is 3. The van der Waals surface area contributed by atoms with E-state index >= 15 is 0 Å². The van der Waals surface area contributed by atoms with Gasteiger partial charge in [0.25, 0.3) is 0 Å². The van der Waals surface area contributed by atoms with E-state index in [2.05, 4.69) is 34.2 Å². The van der Waals surface area contributed by atoms with Crippen LogP contribution in [0.1, 0.15) is 11.1 Å². The fraction of sp³-hybridized carbons (Fsp3) is 0.0625. The Labute approximate surface area is 126 Å². The molecule has 102 valence electrons. The molecule has 0 saturated heterocycles. The van der Waals surface area contributed by atoms with E-state index in [1.165, 1.54) is 34.3 Å². The Balaban J connectivity index is 1.84. The first-order valence-electron chi connectivity index (χ1n) is 6.40. The van der Waals surface area contributed by atoms with Gasteiger partial charge >= 0.3 is 0 Å². The quantitative estimate of drug-likeness (QED) is 0.591. The normalized spacial score (nSPS) is 10.4. The standard InChI is InChI=1S/C16H12N4S/c17-8-13-9-19-16(20-15(13)18)21-10-12-6-3-5-11-4-1-2-7-14(11)12/h1-7,9H,10H2,(H2,18,19,20). The molecule has 0 aliphatic carbocycles. The Morgan fingerprint density at radius 3 is 2.76 bits per heavy atom.